The van der Waals surface area contributed by atoms with Crippen LogP contribution in [0.2, 0.25) is 0 Å². The van der Waals surface area contributed by atoms with Gasteiger partial charge in [-0.2, -0.15) is 5.10 Å². The summed E-state index contributed by atoms with van der Waals surface area (Å²) < 4.78 is 7.34. The van der Waals surface area contributed by atoms with E-state index in [1.807, 2.05) is 40.8 Å². The topological polar surface area (TPSA) is 59.4 Å². The summed E-state index contributed by atoms with van der Waals surface area (Å²) in [5, 5.41) is 7.62. The molecule has 1 atom stereocenters. The monoisotopic (exact) mass is 368 g/mol. The van der Waals surface area contributed by atoms with Crippen molar-refractivity contribution in [3.8, 4) is 0 Å². The van der Waals surface area contributed by atoms with E-state index in [9.17, 15) is 4.79 Å². The van der Waals surface area contributed by atoms with Crippen LogP contribution in [0.1, 0.15) is 30.5 Å². The van der Waals surface area contributed by atoms with E-state index in [-0.39, 0.29) is 6.03 Å². The molecule has 1 aromatic heterocycles. The minimum Gasteiger partial charge on any atom is -0.381 e. The number of amides is 2. The Morgan fingerprint density at radius 1 is 1.19 bits per heavy atom. The maximum Gasteiger partial charge on any atom is 0.323 e. The fourth-order valence-corrected chi connectivity index (χ4v) is 4.26. The van der Waals surface area contributed by atoms with Crippen molar-refractivity contribution in [2.75, 3.05) is 31.6 Å². The Labute approximate surface area is 160 Å². The van der Waals surface area contributed by atoms with Crippen molar-refractivity contribution in [1.29, 1.82) is 0 Å². The molecule has 144 valence electrons. The van der Waals surface area contributed by atoms with Crippen LogP contribution >= 0.6 is 0 Å². The summed E-state index contributed by atoms with van der Waals surface area (Å²) in [5.41, 5.74) is 2.07. The first-order valence-corrected chi connectivity index (χ1v) is 9.91. The predicted molar refractivity (Wildman–Crippen MR) is 105 cm³/mol. The lowest BCUT2D eigenvalue weighted by Gasteiger charge is -2.27. The van der Waals surface area contributed by atoms with Gasteiger partial charge in [0.15, 0.2) is 0 Å². The van der Waals surface area contributed by atoms with E-state index in [0.717, 1.165) is 62.6 Å². The van der Waals surface area contributed by atoms with E-state index in [1.165, 1.54) is 0 Å². The number of carbonyl (C=O) groups is 1. The second-order valence-electron chi connectivity index (χ2n) is 7.69. The molecular formula is C21H28N4O2. The third-order valence-corrected chi connectivity index (χ3v) is 5.76. The van der Waals surface area contributed by atoms with Crippen LogP contribution in [-0.4, -0.2) is 47.0 Å². The van der Waals surface area contributed by atoms with Gasteiger partial charge in [0, 0.05) is 32.4 Å². The molecule has 2 fully saturated rings. The number of nitrogens with zero attached hydrogens (tertiary/aromatic N) is 3. The summed E-state index contributed by atoms with van der Waals surface area (Å²) in [5.74, 6) is 2.06. The molecule has 0 bridgehead atoms. The summed E-state index contributed by atoms with van der Waals surface area (Å²) >= 11 is 0. The van der Waals surface area contributed by atoms with Crippen molar-refractivity contribution in [2.24, 2.45) is 11.8 Å². The number of carbonyl (C=O) groups excluding carboxylic acids is 1. The third kappa shape index (κ3) is 4.33. The van der Waals surface area contributed by atoms with Crippen molar-refractivity contribution >= 4 is 11.8 Å². The number of aromatic nitrogens is 2. The molecule has 2 aliphatic heterocycles. The third-order valence-electron chi connectivity index (χ3n) is 5.76. The molecule has 1 N–H and O–H groups in total. The minimum absolute atomic E-state index is 0.0150. The van der Waals surface area contributed by atoms with E-state index >= 15 is 0 Å². The number of nitrogens with one attached hydrogen (secondary N) is 1. The zero-order chi connectivity index (χ0) is 18.6. The molecule has 1 aromatic carbocycles. The number of anilines is 1. The summed E-state index contributed by atoms with van der Waals surface area (Å²) in [6.45, 7) is 6.02. The van der Waals surface area contributed by atoms with Crippen LogP contribution in [0.15, 0.2) is 36.4 Å². The van der Waals surface area contributed by atoms with Gasteiger partial charge in [0.05, 0.1) is 12.2 Å². The number of rotatable bonds is 4. The van der Waals surface area contributed by atoms with Gasteiger partial charge >= 0.3 is 6.03 Å². The van der Waals surface area contributed by atoms with E-state index < -0.39 is 0 Å². The van der Waals surface area contributed by atoms with Crippen molar-refractivity contribution in [2.45, 2.75) is 32.7 Å². The number of benzene rings is 1. The van der Waals surface area contributed by atoms with Gasteiger partial charge in [-0.15, -0.1) is 0 Å². The molecule has 2 aliphatic rings. The van der Waals surface area contributed by atoms with Gasteiger partial charge in [0.1, 0.15) is 5.82 Å². The van der Waals surface area contributed by atoms with Crippen LogP contribution in [0.5, 0.6) is 0 Å². The highest BCUT2D eigenvalue weighted by Gasteiger charge is 2.33. The highest BCUT2D eigenvalue weighted by atomic mass is 16.5. The molecule has 0 radical (unpaired) electrons. The van der Waals surface area contributed by atoms with E-state index in [0.29, 0.717) is 18.4 Å². The van der Waals surface area contributed by atoms with Gasteiger partial charge in [-0.1, -0.05) is 30.3 Å². The highest BCUT2D eigenvalue weighted by Crippen LogP contribution is 2.31. The lowest BCUT2D eigenvalue weighted by atomic mass is 9.85. The molecule has 1 unspecified atom stereocenters. The lowest BCUT2D eigenvalue weighted by Crippen LogP contribution is -2.35. The number of aryl methyl sites for hydroxylation is 1. The van der Waals surface area contributed by atoms with Crippen LogP contribution in [0.25, 0.3) is 0 Å². The maximum atomic E-state index is 12.8. The van der Waals surface area contributed by atoms with Gasteiger partial charge in [0.2, 0.25) is 0 Å². The van der Waals surface area contributed by atoms with E-state index in [2.05, 4.69) is 22.5 Å². The van der Waals surface area contributed by atoms with Gasteiger partial charge < -0.3 is 9.64 Å². The molecule has 2 aromatic rings. The van der Waals surface area contributed by atoms with Crippen LogP contribution in [-0.2, 0) is 11.3 Å². The molecule has 0 spiro atoms. The summed E-state index contributed by atoms with van der Waals surface area (Å²) in [4.78, 5) is 14.8. The van der Waals surface area contributed by atoms with E-state index in [4.69, 9.17) is 4.74 Å². The predicted octanol–water partition coefficient (Wildman–Crippen LogP) is 3.52. The van der Waals surface area contributed by atoms with Crippen LogP contribution in [0, 0.1) is 18.8 Å². The standard InChI is InChI=1S/C21H28N4O2/c1-16-13-20(25(23-16)14-17-5-3-2-4-6-17)22-21(26)24-10-7-19(15-24)18-8-11-27-12-9-18/h2-6,13,18-19H,7-12,14-15H2,1H3,(H,22,26). The minimum atomic E-state index is -0.0150. The molecule has 3 heterocycles. The summed E-state index contributed by atoms with van der Waals surface area (Å²) in [7, 11) is 0. The second kappa shape index (κ2) is 8.13. The number of hydrogen-bond donors (Lipinski definition) is 1. The normalized spacial score (nSPS) is 20.8. The Bertz CT molecular complexity index is 768. The Morgan fingerprint density at radius 2 is 1.96 bits per heavy atom. The lowest BCUT2D eigenvalue weighted by molar-refractivity contribution is 0.0485. The van der Waals surface area contributed by atoms with Crippen molar-refractivity contribution in [3.05, 3.63) is 47.7 Å². The van der Waals surface area contributed by atoms with Crippen molar-refractivity contribution in [3.63, 3.8) is 0 Å². The van der Waals surface area contributed by atoms with Gasteiger partial charge in [0.25, 0.3) is 0 Å². The van der Waals surface area contributed by atoms with Gasteiger partial charge in [-0.05, 0) is 43.6 Å². The van der Waals surface area contributed by atoms with Crippen LogP contribution in [0.3, 0.4) is 0 Å². The van der Waals surface area contributed by atoms with Crippen molar-refractivity contribution in [1.82, 2.24) is 14.7 Å². The maximum absolute atomic E-state index is 12.8. The zero-order valence-corrected chi connectivity index (χ0v) is 15.9. The van der Waals surface area contributed by atoms with Gasteiger partial charge in [-0.3, -0.25) is 5.32 Å². The van der Waals surface area contributed by atoms with Crippen LogP contribution in [0.4, 0.5) is 10.6 Å². The fraction of sp³-hybridized carbons (Fsp3) is 0.524. The smallest absolute Gasteiger partial charge is 0.323 e. The fourth-order valence-electron chi connectivity index (χ4n) is 4.26. The molecule has 2 amide bonds. The SMILES string of the molecule is Cc1cc(NC(=O)N2CCC(C3CCOCC3)C2)n(Cc2ccccc2)n1. The first-order valence-electron chi connectivity index (χ1n) is 9.91. The molecular weight excluding hydrogens is 340 g/mol. The molecule has 27 heavy (non-hydrogen) atoms. The number of urea groups is 1. The first kappa shape index (κ1) is 18.0. The quantitative estimate of drug-likeness (QED) is 0.898. The van der Waals surface area contributed by atoms with Gasteiger partial charge in [-0.25, -0.2) is 9.48 Å². The Kier molecular flexibility index (Phi) is 5.43. The Morgan fingerprint density at radius 3 is 2.74 bits per heavy atom. The molecule has 6 nitrogen and oxygen atoms in total. The molecule has 2 saturated heterocycles. The molecule has 6 heteroatoms. The largest absolute Gasteiger partial charge is 0.381 e. The van der Waals surface area contributed by atoms with Crippen LogP contribution < -0.4 is 5.32 Å². The number of likely N-dealkylation sites (tertiary alicyclic amines) is 1. The zero-order valence-electron chi connectivity index (χ0n) is 15.9. The average molecular weight is 368 g/mol. The number of ether oxygens (including phenoxy) is 1. The Balaban J connectivity index is 1.38. The molecule has 4 rings (SSSR count). The van der Waals surface area contributed by atoms with E-state index in [1.54, 1.807) is 0 Å². The Hall–Kier alpha value is -2.34. The second-order valence-corrected chi connectivity index (χ2v) is 7.69. The summed E-state index contributed by atoms with van der Waals surface area (Å²) in [6, 6.07) is 12.1. The highest BCUT2D eigenvalue weighted by molar-refractivity contribution is 5.88. The summed E-state index contributed by atoms with van der Waals surface area (Å²) in [6.07, 6.45) is 3.35. The average Bonchev–Trinajstić information content (AvgIpc) is 3.31. The molecule has 0 saturated carbocycles. The van der Waals surface area contributed by atoms with Crippen molar-refractivity contribution < 1.29 is 9.53 Å². The number of hydrogen-bond acceptors (Lipinski definition) is 3. The first-order chi connectivity index (χ1) is 13.2. The molecule has 0 aliphatic carbocycles.